The van der Waals surface area contributed by atoms with E-state index in [1.807, 2.05) is 0 Å². The van der Waals surface area contributed by atoms with Gasteiger partial charge in [-0.25, -0.2) is 0 Å². The van der Waals surface area contributed by atoms with Crippen LogP contribution in [0.25, 0.3) is 10.1 Å². The van der Waals surface area contributed by atoms with Gasteiger partial charge in [-0.1, -0.05) is 18.2 Å². The highest BCUT2D eigenvalue weighted by molar-refractivity contribution is 7.17. The molecule has 22 heavy (non-hydrogen) atoms. The molecule has 3 N–H and O–H groups in total. The molecular weight excluding hydrogens is 294 g/mol. The van der Waals surface area contributed by atoms with Crippen LogP contribution in [0.4, 0.5) is 0 Å². The molecule has 1 fully saturated rings. The van der Waals surface area contributed by atoms with Crippen LogP contribution in [0.3, 0.4) is 0 Å². The molecule has 1 amide bonds. The zero-order chi connectivity index (χ0) is 15.4. The van der Waals surface area contributed by atoms with Crippen molar-refractivity contribution in [2.45, 2.75) is 19.4 Å². The van der Waals surface area contributed by atoms with E-state index in [1.165, 1.54) is 15.6 Å². The van der Waals surface area contributed by atoms with E-state index in [-0.39, 0.29) is 11.8 Å². The highest BCUT2D eigenvalue weighted by Gasteiger charge is 2.25. The molecule has 1 aliphatic heterocycles. The Balaban J connectivity index is 1.64. The summed E-state index contributed by atoms with van der Waals surface area (Å²) in [5.74, 6) is 0.260. The SMILES string of the molecule is NCCNC(=O)C1CCCN(Cc2csc3ccccc23)C1. The molecule has 1 aromatic carbocycles. The van der Waals surface area contributed by atoms with E-state index >= 15 is 0 Å². The number of benzene rings is 1. The summed E-state index contributed by atoms with van der Waals surface area (Å²) >= 11 is 1.80. The Labute approximate surface area is 135 Å². The Hall–Kier alpha value is -1.43. The maximum absolute atomic E-state index is 12.1. The second-order valence-corrected chi connectivity index (χ2v) is 6.82. The lowest BCUT2D eigenvalue weighted by molar-refractivity contribution is -0.126. The topological polar surface area (TPSA) is 58.4 Å². The zero-order valence-electron chi connectivity index (χ0n) is 12.8. The maximum atomic E-state index is 12.1. The summed E-state index contributed by atoms with van der Waals surface area (Å²) in [6.07, 6.45) is 2.07. The summed E-state index contributed by atoms with van der Waals surface area (Å²) in [5.41, 5.74) is 6.83. The lowest BCUT2D eigenvalue weighted by atomic mass is 9.96. The molecule has 1 unspecified atom stereocenters. The fourth-order valence-corrected chi connectivity index (χ4v) is 4.10. The largest absolute Gasteiger partial charge is 0.355 e. The van der Waals surface area contributed by atoms with E-state index in [1.54, 1.807) is 11.3 Å². The smallest absolute Gasteiger partial charge is 0.224 e. The fourth-order valence-electron chi connectivity index (χ4n) is 3.15. The number of amides is 1. The van der Waals surface area contributed by atoms with E-state index in [4.69, 9.17) is 5.73 Å². The summed E-state index contributed by atoms with van der Waals surface area (Å²) in [6, 6.07) is 8.54. The molecular formula is C17H23N3OS. The maximum Gasteiger partial charge on any atom is 0.224 e. The normalized spacial score (nSPS) is 19.4. The summed E-state index contributed by atoms with van der Waals surface area (Å²) in [7, 11) is 0. The number of fused-ring (bicyclic) bond motifs is 1. The Morgan fingerprint density at radius 1 is 1.41 bits per heavy atom. The van der Waals surface area contributed by atoms with Crippen LogP contribution >= 0.6 is 11.3 Å². The van der Waals surface area contributed by atoms with Crippen LogP contribution < -0.4 is 11.1 Å². The van der Waals surface area contributed by atoms with Crippen molar-refractivity contribution in [2.75, 3.05) is 26.2 Å². The molecule has 2 heterocycles. The number of nitrogens with one attached hydrogen (secondary N) is 1. The van der Waals surface area contributed by atoms with Gasteiger partial charge in [0.25, 0.3) is 0 Å². The van der Waals surface area contributed by atoms with E-state index < -0.39 is 0 Å². The van der Waals surface area contributed by atoms with Gasteiger partial charge in [-0.05, 0) is 41.8 Å². The van der Waals surface area contributed by atoms with E-state index in [0.29, 0.717) is 13.1 Å². The zero-order valence-corrected chi connectivity index (χ0v) is 13.6. The van der Waals surface area contributed by atoms with Gasteiger partial charge in [0, 0.05) is 30.9 Å². The molecule has 0 bridgehead atoms. The number of rotatable bonds is 5. The fraction of sp³-hybridized carbons (Fsp3) is 0.471. The molecule has 1 aromatic heterocycles. The summed E-state index contributed by atoms with van der Waals surface area (Å²) in [5, 5.41) is 6.52. The predicted octanol–water partition coefficient (Wildman–Crippen LogP) is 2.19. The number of nitrogens with zero attached hydrogens (tertiary/aromatic N) is 1. The number of hydrogen-bond donors (Lipinski definition) is 2. The van der Waals surface area contributed by atoms with Crippen LogP contribution in [0.1, 0.15) is 18.4 Å². The first-order valence-corrected chi connectivity index (χ1v) is 8.81. The van der Waals surface area contributed by atoms with E-state index in [9.17, 15) is 4.79 Å². The lowest BCUT2D eigenvalue weighted by Crippen LogP contribution is -2.43. The van der Waals surface area contributed by atoms with Gasteiger partial charge < -0.3 is 11.1 Å². The van der Waals surface area contributed by atoms with Crippen LogP contribution in [-0.4, -0.2) is 37.0 Å². The molecule has 3 rings (SSSR count). The minimum Gasteiger partial charge on any atom is -0.355 e. The van der Waals surface area contributed by atoms with Gasteiger partial charge in [0.1, 0.15) is 0 Å². The summed E-state index contributed by atoms with van der Waals surface area (Å²) in [4.78, 5) is 14.5. The molecule has 1 atom stereocenters. The van der Waals surface area contributed by atoms with E-state index in [0.717, 1.165) is 32.5 Å². The van der Waals surface area contributed by atoms with Gasteiger partial charge in [-0.3, -0.25) is 9.69 Å². The number of carbonyl (C=O) groups is 1. The molecule has 0 saturated carbocycles. The molecule has 1 aliphatic rings. The lowest BCUT2D eigenvalue weighted by Gasteiger charge is -2.31. The molecule has 2 aromatic rings. The Kier molecular flexibility index (Phi) is 5.08. The Morgan fingerprint density at radius 2 is 2.27 bits per heavy atom. The van der Waals surface area contributed by atoms with Crippen molar-refractivity contribution < 1.29 is 4.79 Å². The Morgan fingerprint density at radius 3 is 3.14 bits per heavy atom. The van der Waals surface area contributed by atoms with Crippen molar-refractivity contribution in [2.24, 2.45) is 11.7 Å². The van der Waals surface area contributed by atoms with Gasteiger partial charge in [0.15, 0.2) is 0 Å². The standard InChI is InChI=1S/C17H23N3OS/c18-7-8-19-17(21)13-4-3-9-20(10-13)11-14-12-22-16-6-2-1-5-15(14)16/h1-2,5-6,12-13H,3-4,7-11,18H2,(H,19,21). The number of likely N-dealkylation sites (tertiary alicyclic amines) is 1. The van der Waals surface area contributed by atoms with E-state index in [2.05, 4.69) is 39.9 Å². The monoisotopic (exact) mass is 317 g/mol. The van der Waals surface area contributed by atoms with Crippen molar-refractivity contribution >= 4 is 27.3 Å². The van der Waals surface area contributed by atoms with Crippen molar-refractivity contribution in [3.63, 3.8) is 0 Å². The average Bonchev–Trinajstić information content (AvgIpc) is 2.96. The first-order chi connectivity index (χ1) is 10.8. The van der Waals surface area contributed by atoms with Gasteiger partial charge >= 0.3 is 0 Å². The number of piperidine rings is 1. The Bertz CT molecular complexity index is 640. The molecule has 5 heteroatoms. The first-order valence-electron chi connectivity index (χ1n) is 7.93. The van der Waals surface area contributed by atoms with Gasteiger partial charge in [0.05, 0.1) is 5.92 Å². The van der Waals surface area contributed by atoms with Crippen molar-refractivity contribution in [3.05, 3.63) is 35.2 Å². The third-order valence-electron chi connectivity index (χ3n) is 4.27. The molecule has 118 valence electrons. The summed E-state index contributed by atoms with van der Waals surface area (Å²) in [6.45, 7) is 3.93. The second-order valence-electron chi connectivity index (χ2n) is 5.91. The van der Waals surface area contributed by atoms with Gasteiger partial charge in [-0.15, -0.1) is 11.3 Å². The predicted molar refractivity (Wildman–Crippen MR) is 91.9 cm³/mol. The molecule has 1 saturated heterocycles. The quantitative estimate of drug-likeness (QED) is 0.889. The minimum atomic E-state index is 0.102. The van der Waals surface area contributed by atoms with Crippen molar-refractivity contribution in [1.29, 1.82) is 0 Å². The third-order valence-corrected chi connectivity index (χ3v) is 5.29. The molecule has 0 radical (unpaired) electrons. The average molecular weight is 317 g/mol. The van der Waals surface area contributed by atoms with Crippen LogP contribution in [-0.2, 0) is 11.3 Å². The first kappa shape index (κ1) is 15.5. The van der Waals surface area contributed by atoms with Crippen molar-refractivity contribution in [1.82, 2.24) is 10.2 Å². The molecule has 4 nitrogen and oxygen atoms in total. The number of thiophene rings is 1. The highest BCUT2D eigenvalue weighted by Crippen LogP contribution is 2.28. The number of carbonyl (C=O) groups excluding carboxylic acids is 1. The van der Waals surface area contributed by atoms with Crippen molar-refractivity contribution in [3.8, 4) is 0 Å². The second kappa shape index (κ2) is 7.22. The van der Waals surface area contributed by atoms with Crippen LogP contribution in [0, 0.1) is 5.92 Å². The summed E-state index contributed by atoms with van der Waals surface area (Å²) < 4.78 is 1.34. The van der Waals surface area contributed by atoms with Gasteiger partial charge in [0.2, 0.25) is 5.91 Å². The highest BCUT2D eigenvalue weighted by atomic mass is 32.1. The number of hydrogen-bond acceptors (Lipinski definition) is 4. The molecule has 0 spiro atoms. The number of nitrogens with two attached hydrogens (primary N) is 1. The van der Waals surface area contributed by atoms with Gasteiger partial charge in [-0.2, -0.15) is 0 Å². The molecule has 0 aliphatic carbocycles. The third kappa shape index (κ3) is 3.48. The van der Waals surface area contributed by atoms with Crippen LogP contribution in [0.15, 0.2) is 29.6 Å². The minimum absolute atomic E-state index is 0.102. The van der Waals surface area contributed by atoms with Crippen LogP contribution in [0.5, 0.6) is 0 Å². The van der Waals surface area contributed by atoms with Crippen LogP contribution in [0.2, 0.25) is 0 Å².